The minimum Gasteiger partial charge on any atom is -0.480 e. The van der Waals surface area contributed by atoms with Crippen LogP contribution in [0.25, 0.3) is 0 Å². The molecule has 0 amide bonds. The first kappa shape index (κ1) is 21.9. The molecule has 0 radical (unpaired) electrons. The van der Waals surface area contributed by atoms with Gasteiger partial charge >= 0.3 is 5.97 Å². The number of hydrogen-bond donors (Lipinski definition) is 3. The van der Waals surface area contributed by atoms with Crippen LogP contribution in [0.4, 0.5) is 0 Å². The predicted molar refractivity (Wildman–Crippen MR) is 102 cm³/mol. The summed E-state index contributed by atoms with van der Waals surface area (Å²) in [5, 5.41) is 12.6. The molecule has 2 atom stereocenters. The molecule has 134 valence electrons. The fourth-order valence-electron chi connectivity index (χ4n) is 2.24. The molecule has 0 saturated carbocycles. The van der Waals surface area contributed by atoms with Crippen LogP contribution in [0.15, 0.2) is 54.3 Å². The van der Waals surface area contributed by atoms with Gasteiger partial charge in [0.2, 0.25) is 0 Å². The number of rotatable bonds is 9. The number of nitrogens with two attached hydrogens (primary N) is 1. The van der Waals surface area contributed by atoms with Crippen molar-refractivity contribution in [1.29, 1.82) is 0 Å². The second-order valence-electron chi connectivity index (χ2n) is 5.70. The number of carboxylic acid groups (broad SMARTS) is 1. The fraction of sp³-hybridized carbons (Fsp3) is 0.450. The summed E-state index contributed by atoms with van der Waals surface area (Å²) in [5.41, 5.74) is 8.57. The normalized spacial score (nSPS) is 13.4. The molecule has 0 aliphatic heterocycles. The fourth-order valence-corrected chi connectivity index (χ4v) is 2.24. The van der Waals surface area contributed by atoms with Gasteiger partial charge in [-0.3, -0.25) is 10.1 Å². The molecule has 1 aromatic rings. The molecule has 0 aromatic heterocycles. The molecule has 24 heavy (non-hydrogen) atoms. The number of hydrogen-bond acceptors (Lipinski definition) is 3. The summed E-state index contributed by atoms with van der Waals surface area (Å²) >= 11 is 0. The smallest absolute Gasteiger partial charge is 0.320 e. The average molecular weight is 332 g/mol. The summed E-state index contributed by atoms with van der Waals surface area (Å²) in [6, 6.07) is 9.21. The maximum absolute atomic E-state index is 11.5. The van der Waals surface area contributed by atoms with Crippen molar-refractivity contribution in [2.75, 3.05) is 0 Å². The van der Waals surface area contributed by atoms with E-state index in [1.165, 1.54) is 0 Å². The Hall–Kier alpha value is -2.07. The Balaban J connectivity index is 0.00000254. The van der Waals surface area contributed by atoms with Crippen molar-refractivity contribution in [3.63, 3.8) is 0 Å². The van der Waals surface area contributed by atoms with E-state index >= 15 is 0 Å². The van der Waals surface area contributed by atoms with Gasteiger partial charge in [0.1, 0.15) is 6.04 Å². The van der Waals surface area contributed by atoms with Crippen molar-refractivity contribution >= 4 is 5.97 Å². The molecule has 1 aromatic carbocycles. The number of carboxylic acids is 1. The average Bonchev–Trinajstić information content (AvgIpc) is 2.59. The number of aryl methyl sites for hydroxylation is 1. The Bertz CT molecular complexity index is 524. The standard InChI is InChI=1S/C18H26N2O2.C2H6/c1-13(2)17(11-14(3)12-19)20-16(18(21)22)10-9-15-7-5-4-6-8-15;1-2/h4-8,12,16-17,20H,1,9-11,19H2,2-3H3,(H,21,22);1-2H3/b14-12+;. The van der Waals surface area contributed by atoms with E-state index in [0.717, 1.165) is 23.1 Å². The van der Waals surface area contributed by atoms with Crippen LogP contribution in [0.2, 0.25) is 0 Å². The number of nitrogens with one attached hydrogen (secondary N) is 1. The Kier molecular flexibility index (Phi) is 11.3. The maximum atomic E-state index is 11.5. The predicted octanol–water partition coefficient (Wildman–Crippen LogP) is 3.89. The van der Waals surface area contributed by atoms with Crippen LogP contribution in [0.5, 0.6) is 0 Å². The number of carbonyl (C=O) groups is 1. The maximum Gasteiger partial charge on any atom is 0.320 e. The zero-order valence-corrected chi connectivity index (χ0v) is 15.4. The van der Waals surface area contributed by atoms with Crippen LogP contribution in [-0.4, -0.2) is 23.2 Å². The van der Waals surface area contributed by atoms with Gasteiger partial charge in [-0.15, -0.1) is 0 Å². The molecule has 0 fully saturated rings. The summed E-state index contributed by atoms with van der Waals surface area (Å²) in [4.78, 5) is 11.5. The van der Waals surface area contributed by atoms with Crippen LogP contribution in [0, 0.1) is 0 Å². The Morgan fingerprint density at radius 3 is 2.29 bits per heavy atom. The van der Waals surface area contributed by atoms with Gasteiger partial charge in [0, 0.05) is 6.04 Å². The van der Waals surface area contributed by atoms with E-state index in [1.54, 1.807) is 6.20 Å². The van der Waals surface area contributed by atoms with E-state index in [9.17, 15) is 9.90 Å². The first-order chi connectivity index (χ1) is 11.4. The third kappa shape index (κ3) is 8.53. The molecule has 4 nitrogen and oxygen atoms in total. The molecule has 2 unspecified atom stereocenters. The third-order valence-corrected chi connectivity index (χ3v) is 3.67. The second kappa shape index (κ2) is 12.4. The molecule has 4 heteroatoms. The first-order valence-corrected chi connectivity index (χ1v) is 8.49. The van der Waals surface area contributed by atoms with Gasteiger partial charge in [-0.25, -0.2) is 0 Å². The molecule has 4 N–H and O–H groups in total. The summed E-state index contributed by atoms with van der Waals surface area (Å²) in [5.74, 6) is -0.837. The molecule has 0 saturated heterocycles. The van der Waals surface area contributed by atoms with Crippen molar-refractivity contribution in [3.05, 3.63) is 59.8 Å². The van der Waals surface area contributed by atoms with Crippen molar-refractivity contribution in [2.45, 2.75) is 59.0 Å². The zero-order valence-electron chi connectivity index (χ0n) is 15.4. The summed E-state index contributed by atoms with van der Waals surface area (Å²) in [6.45, 7) is 11.8. The van der Waals surface area contributed by atoms with E-state index < -0.39 is 12.0 Å². The molecule has 1 rings (SSSR count). The lowest BCUT2D eigenvalue weighted by Gasteiger charge is -2.24. The van der Waals surface area contributed by atoms with Crippen molar-refractivity contribution in [3.8, 4) is 0 Å². The van der Waals surface area contributed by atoms with Gasteiger partial charge in [-0.2, -0.15) is 0 Å². The topological polar surface area (TPSA) is 75.3 Å². The van der Waals surface area contributed by atoms with Gasteiger partial charge in [0.05, 0.1) is 0 Å². The zero-order chi connectivity index (χ0) is 18.5. The van der Waals surface area contributed by atoms with Crippen molar-refractivity contribution in [2.24, 2.45) is 5.73 Å². The SMILES string of the molecule is C=C(C)C(C/C(C)=C/N)NC(CCc1ccccc1)C(=O)O.CC. The van der Waals surface area contributed by atoms with E-state index in [4.69, 9.17) is 5.73 Å². The van der Waals surface area contributed by atoms with Gasteiger partial charge in [-0.1, -0.05) is 61.9 Å². The second-order valence-corrected chi connectivity index (χ2v) is 5.70. The van der Waals surface area contributed by atoms with E-state index in [-0.39, 0.29) is 6.04 Å². The van der Waals surface area contributed by atoms with Crippen LogP contribution in [-0.2, 0) is 11.2 Å². The summed E-state index contributed by atoms with van der Waals surface area (Å²) in [7, 11) is 0. The molecule has 0 bridgehead atoms. The van der Waals surface area contributed by atoms with Crippen LogP contribution in [0.1, 0.15) is 46.1 Å². The number of benzene rings is 1. The highest BCUT2D eigenvalue weighted by Crippen LogP contribution is 2.13. The largest absolute Gasteiger partial charge is 0.480 e. The lowest BCUT2D eigenvalue weighted by molar-refractivity contribution is -0.139. The van der Waals surface area contributed by atoms with Gasteiger partial charge in [0.25, 0.3) is 0 Å². The molecule has 0 aliphatic carbocycles. The monoisotopic (exact) mass is 332 g/mol. The summed E-state index contributed by atoms with van der Waals surface area (Å²) in [6.07, 6.45) is 3.48. The van der Waals surface area contributed by atoms with Crippen molar-refractivity contribution in [1.82, 2.24) is 5.32 Å². The Morgan fingerprint density at radius 1 is 1.25 bits per heavy atom. The van der Waals surface area contributed by atoms with Gasteiger partial charge < -0.3 is 10.8 Å². The minimum absolute atomic E-state index is 0.0864. The van der Waals surface area contributed by atoms with Crippen LogP contribution < -0.4 is 11.1 Å². The van der Waals surface area contributed by atoms with Crippen LogP contribution >= 0.6 is 0 Å². The molecule has 0 spiro atoms. The highest BCUT2D eigenvalue weighted by atomic mass is 16.4. The quantitative estimate of drug-likeness (QED) is 0.600. The van der Waals surface area contributed by atoms with E-state index in [2.05, 4.69) is 11.9 Å². The Morgan fingerprint density at radius 2 is 1.83 bits per heavy atom. The van der Waals surface area contributed by atoms with Gasteiger partial charge in [-0.05, 0) is 44.9 Å². The lowest BCUT2D eigenvalue weighted by atomic mass is 9.99. The number of aliphatic carboxylic acids is 1. The molecular formula is C20H32N2O2. The Labute approximate surface area is 146 Å². The third-order valence-electron chi connectivity index (χ3n) is 3.67. The highest BCUT2D eigenvalue weighted by Gasteiger charge is 2.22. The van der Waals surface area contributed by atoms with Crippen molar-refractivity contribution < 1.29 is 9.90 Å². The summed E-state index contributed by atoms with van der Waals surface area (Å²) < 4.78 is 0. The van der Waals surface area contributed by atoms with E-state index in [0.29, 0.717) is 12.8 Å². The lowest BCUT2D eigenvalue weighted by Crippen LogP contribution is -2.44. The minimum atomic E-state index is -0.837. The highest BCUT2D eigenvalue weighted by molar-refractivity contribution is 5.73. The molecule has 0 aliphatic rings. The molecular weight excluding hydrogens is 300 g/mol. The first-order valence-electron chi connectivity index (χ1n) is 8.49. The van der Waals surface area contributed by atoms with Crippen LogP contribution in [0.3, 0.4) is 0 Å². The van der Waals surface area contributed by atoms with E-state index in [1.807, 2.05) is 58.0 Å². The molecule has 0 heterocycles. The van der Waals surface area contributed by atoms with Gasteiger partial charge in [0.15, 0.2) is 0 Å².